The van der Waals surface area contributed by atoms with Crippen LogP contribution >= 0.6 is 0 Å². The lowest BCUT2D eigenvalue weighted by Crippen LogP contribution is -1.97. The van der Waals surface area contributed by atoms with Gasteiger partial charge in [-0.2, -0.15) is 0 Å². The van der Waals surface area contributed by atoms with E-state index in [1.807, 2.05) is 30.5 Å². The maximum absolute atomic E-state index is 5.29. The lowest BCUT2D eigenvalue weighted by Gasteiger charge is -2.13. The van der Waals surface area contributed by atoms with Gasteiger partial charge < -0.3 is 9.55 Å². The standard InChI is InChI=1S/C44H30N4.C9H7N.Mg.2H/c1-5-13-30(14-6-1)41-39-26-25-36(47-39)28-35-22-21-33(45-35)27-34-23-24-37(46-34)29-40-42(31-15-7-2-8-16-31)43(32-17-9-3-10-18-32)44(41)48(40)38-19-11-4-12-20-38;1-2-6-9-8(4-1)5-3-7-10-9;;;/h1-29,45H;1-7H;;;. The number of pyridine rings is 1. The molecule has 0 spiro atoms. The van der Waals surface area contributed by atoms with Gasteiger partial charge >= 0.3 is 23.1 Å². The molecule has 0 unspecified atom stereocenters. The maximum atomic E-state index is 5.29. The van der Waals surface area contributed by atoms with Gasteiger partial charge in [-0.15, -0.1) is 0 Å². The number of rotatable bonds is 4. The third-order valence-corrected chi connectivity index (χ3v) is 10.4. The van der Waals surface area contributed by atoms with Gasteiger partial charge in [0.15, 0.2) is 0 Å². The minimum Gasteiger partial charge on any atom is -0.355 e. The number of aromatic nitrogens is 5. The summed E-state index contributed by atoms with van der Waals surface area (Å²) >= 11 is 0. The van der Waals surface area contributed by atoms with Crippen LogP contribution in [0.15, 0.2) is 194 Å². The van der Waals surface area contributed by atoms with E-state index in [9.17, 15) is 0 Å². The van der Waals surface area contributed by atoms with E-state index in [2.05, 4.69) is 203 Å². The van der Waals surface area contributed by atoms with E-state index in [-0.39, 0.29) is 23.1 Å². The first-order valence-electron chi connectivity index (χ1n) is 19.4. The van der Waals surface area contributed by atoms with E-state index in [0.717, 1.165) is 89.4 Å². The second-order valence-electron chi connectivity index (χ2n) is 14.2. The third-order valence-electron chi connectivity index (χ3n) is 10.4. The van der Waals surface area contributed by atoms with Crippen molar-refractivity contribution >= 4 is 80.3 Å². The molecule has 2 aliphatic heterocycles. The topological polar surface area (TPSA) is 59.4 Å². The molecule has 9 aromatic rings. The van der Waals surface area contributed by atoms with E-state index in [1.54, 1.807) is 0 Å². The van der Waals surface area contributed by atoms with Gasteiger partial charge in [-0.05, 0) is 95.6 Å². The molecule has 5 aromatic carbocycles. The molecule has 0 fully saturated rings. The van der Waals surface area contributed by atoms with Crippen LogP contribution in [-0.4, -0.2) is 47.6 Å². The largest absolute Gasteiger partial charge is 0.355 e. The number of hydrogen-bond acceptors (Lipinski definition) is 3. The molecule has 278 valence electrons. The average Bonchev–Trinajstić information content (AvgIpc) is 4.10. The van der Waals surface area contributed by atoms with Gasteiger partial charge in [0.25, 0.3) is 0 Å². The number of H-pyrrole nitrogens is 1. The number of hydrogen-bond donors (Lipinski definition) is 1. The molecule has 6 heterocycles. The first-order valence-corrected chi connectivity index (χ1v) is 19.4. The van der Waals surface area contributed by atoms with E-state index in [1.165, 1.54) is 5.39 Å². The summed E-state index contributed by atoms with van der Waals surface area (Å²) in [5.41, 5.74) is 16.5. The molecule has 0 amide bonds. The van der Waals surface area contributed by atoms with E-state index < -0.39 is 0 Å². The predicted octanol–water partition coefficient (Wildman–Crippen LogP) is 12.4. The summed E-state index contributed by atoms with van der Waals surface area (Å²) in [5.74, 6) is 0. The Morgan fingerprint density at radius 1 is 0.424 bits per heavy atom. The van der Waals surface area contributed by atoms with Crippen LogP contribution in [0.25, 0.3) is 96.3 Å². The van der Waals surface area contributed by atoms with Crippen molar-refractivity contribution in [1.29, 1.82) is 0 Å². The number of nitrogens with one attached hydrogen (secondary N) is 1. The highest BCUT2D eigenvalue weighted by atomic mass is 24.3. The van der Waals surface area contributed by atoms with Crippen LogP contribution in [0.2, 0.25) is 0 Å². The summed E-state index contributed by atoms with van der Waals surface area (Å²) < 4.78 is 2.41. The first-order chi connectivity index (χ1) is 28.7. The van der Waals surface area contributed by atoms with Crippen LogP contribution < -0.4 is 0 Å². The SMILES string of the molecule is C1=Cc2cc3c(-c4ccccc4)c(-c4ccccc4)c(c(-c4ccccc4)c4nc(cc5ccc(cc1n2)[nH]5)C=C4)n3-c1ccccc1.[MgH2].c1ccc2ncccc2c1. The molecule has 2 aliphatic rings. The highest BCUT2D eigenvalue weighted by Gasteiger charge is 2.25. The second kappa shape index (κ2) is 16.8. The molecular weight excluding hydrogens is 731 g/mol. The van der Waals surface area contributed by atoms with Crippen LogP contribution in [-0.2, 0) is 0 Å². The summed E-state index contributed by atoms with van der Waals surface area (Å²) in [4.78, 5) is 18.1. The van der Waals surface area contributed by atoms with Gasteiger partial charge in [0.05, 0.1) is 39.3 Å². The van der Waals surface area contributed by atoms with Crippen LogP contribution in [0.1, 0.15) is 22.8 Å². The molecule has 4 aromatic heterocycles. The average molecular weight is 770 g/mol. The molecule has 59 heavy (non-hydrogen) atoms. The second-order valence-corrected chi connectivity index (χ2v) is 14.2. The van der Waals surface area contributed by atoms with Crippen molar-refractivity contribution in [1.82, 2.24) is 24.5 Å². The van der Waals surface area contributed by atoms with Crippen molar-refractivity contribution < 1.29 is 0 Å². The van der Waals surface area contributed by atoms with E-state index >= 15 is 0 Å². The molecule has 0 aliphatic carbocycles. The molecule has 6 heteroatoms. The highest BCUT2D eigenvalue weighted by Crippen LogP contribution is 2.47. The fourth-order valence-corrected chi connectivity index (χ4v) is 7.83. The summed E-state index contributed by atoms with van der Waals surface area (Å²) in [6.45, 7) is 0. The maximum Gasteiger partial charge on any atom is 0.316 e. The smallest absolute Gasteiger partial charge is 0.316 e. The summed E-state index contributed by atoms with van der Waals surface area (Å²) in [7, 11) is 0. The molecule has 0 radical (unpaired) electrons. The fourth-order valence-electron chi connectivity index (χ4n) is 7.83. The van der Waals surface area contributed by atoms with Crippen LogP contribution in [0, 0.1) is 0 Å². The third kappa shape index (κ3) is 7.67. The molecule has 11 rings (SSSR count). The zero-order chi connectivity index (χ0) is 38.7. The van der Waals surface area contributed by atoms with Gasteiger partial charge in [-0.3, -0.25) is 4.98 Å². The van der Waals surface area contributed by atoms with Gasteiger partial charge in [-0.1, -0.05) is 133 Å². The molecule has 0 atom stereocenters. The zero-order valence-electron chi connectivity index (χ0n) is 31.6. The molecule has 0 saturated carbocycles. The Morgan fingerprint density at radius 3 is 1.58 bits per heavy atom. The quantitative estimate of drug-likeness (QED) is 0.181. The van der Waals surface area contributed by atoms with Gasteiger partial charge in [-0.25, -0.2) is 9.97 Å². The van der Waals surface area contributed by atoms with Crippen molar-refractivity contribution in [2.45, 2.75) is 0 Å². The Bertz CT molecular complexity index is 3080. The van der Waals surface area contributed by atoms with Crippen LogP contribution in [0.5, 0.6) is 0 Å². The van der Waals surface area contributed by atoms with Crippen molar-refractivity contribution in [3.8, 4) is 39.1 Å². The lowest BCUT2D eigenvalue weighted by atomic mass is 9.93. The summed E-state index contributed by atoms with van der Waals surface area (Å²) in [6.07, 6.45) is 10.2. The molecule has 5 nitrogen and oxygen atoms in total. The summed E-state index contributed by atoms with van der Waals surface area (Å²) in [6, 6.07) is 65.4. The van der Waals surface area contributed by atoms with Gasteiger partial charge in [0.1, 0.15) is 0 Å². The zero-order valence-corrected chi connectivity index (χ0v) is 31.6. The molecule has 1 N–H and O–H groups in total. The van der Waals surface area contributed by atoms with E-state index in [4.69, 9.17) is 9.97 Å². The van der Waals surface area contributed by atoms with Gasteiger partial charge in [0.2, 0.25) is 0 Å². The Balaban J connectivity index is 0.000000356. The minimum atomic E-state index is 0. The highest BCUT2D eigenvalue weighted by molar-refractivity contribution is 6.10. The normalized spacial score (nSPS) is 11.5. The number of nitrogens with zero attached hydrogens (tertiary/aromatic N) is 4. The molecule has 8 bridgehead atoms. The lowest BCUT2D eigenvalue weighted by molar-refractivity contribution is 1.17. The number of fused-ring (bicyclic) bond motifs is 9. The Kier molecular flexibility index (Phi) is 10.6. The Hall–Kier alpha value is -7.12. The molecule has 0 saturated heterocycles. The fraction of sp³-hybridized carbons (Fsp3) is 0. The van der Waals surface area contributed by atoms with Gasteiger partial charge in [0, 0.05) is 45.0 Å². The summed E-state index contributed by atoms with van der Waals surface area (Å²) in [5, 5.41) is 1.20. The molecular formula is C53H39MgN5. The Morgan fingerprint density at radius 2 is 0.932 bits per heavy atom. The number of aromatic amines is 1. The van der Waals surface area contributed by atoms with Crippen molar-refractivity contribution in [3.05, 3.63) is 217 Å². The monoisotopic (exact) mass is 769 g/mol. The van der Waals surface area contributed by atoms with Crippen LogP contribution in [0.3, 0.4) is 0 Å². The minimum absolute atomic E-state index is 0. The van der Waals surface area contributed by atoms with Crippen molar-refractivity contribution in [2.24, 2.45) is 0 Å². The number of benzene rings is 5. The van der Waals surface area contributed by atoms with E-state index in [0.29, 0.717) is 0 Å². The van der Waals surface area contributed by atoms with Crippen molar-refractivity contribution in [3.63, 3.8) is 0 Å². The first kappa shape index (κ1) is 37.5. The Labute approximate surface area is 358 Å². The number of para-hydroxylation sites is 2. The van der Waals surface area contributed by atoms with Crippen LogP contribution in [0.4, 0.5) is 0 Å². The van der Waals surface area contributed by atoms with Crippen molar-refractivity contribution in [2.75, 3.05) is 0 Å². The predicted molar refractivity (Wildman–Crippen MR) is 250 cm³/mol.